The summed E-state index contributed by atoms with van der Waals surface area (Å²) in [5.41, 5.74) is 0. The molecule has 0 saturated carbocycles. The number of carbonyl (C=O) groups is 1. The lowest BCUT2D eigenvalue weighted by molar-refractivity contribution is -0.122. The lowest BCUT2D eigenvalue weighted by Crippen LogP contribution is -2.42. The number of nitrogens with one attached hydrogen (secondary N) is 2. The van der Waals surface area contributed by atoms with Gasteiger partial charge in [0.1, 0.15) is 0 Å². The van der Waals surface area contributed by atoms with E-state index in [1.54, 1.807) is 0 Å². The zero-order valence-corrected chi connectivity index (χ0v) is 11.0. The molecule has 2 atom stereocenters. The summed E-state index contributed by atoms with van der Waals surface area (Å²) in [6.45, 7) is 8.63. The molecule has 0 aliphatic carbocycles. The largest absolute Gasteiger partial charge is 0.354 e. The van der Waals surface area contributed by atoms with E-state index in [4.69, 9.17) is 0 Å². The van der Waals surface area contributed by atoms with Crippen LogP contribution in [0.1, 0.15) is 33.1 Å². The summed E-state index contributed by atoms with van der Waals surface area (Å²) < 4.78 is 0. The Morgan fingerprint density at radius 2 is 2.29 bits per heavy atom. The van der Waals surface area contributed by atoms with Crippen molar-refractivity contribution in [2.24, 2.45) is 5.92 Å². The molecule has 2 aliphatic rings. The molecular formula is C13H25N3O. The molecule has 0 spiro atoms. The van der Waals surface area contributed by atoms with Crippen molar-refractivity contribution in [2.45, 2.75) is 45.2 Å². The minimum absolute atomic E-state index is 0.0672. The first kappa shape index (κ1) is 12.8. The Morgan fingerprint density at radius 1 is 1.47 bits per heavy atom. The van der Waals surface area contributed by atoms with Crippen LogP contribution in [0, 0.1) is 5.92 Å². The van der Waals surface area contributed by atoms with Gasteiger partial charge >= 0.3 is 0 Å². The SMILES string of the molecule is CC(C)N1CCC(CNC(=O)[C@@H]2CCCN2)C1. The predicted molar refractivity (Wildman–Crippen MR) is 68.9 cm³/mol. The lowest BCUT2D eigenvalue weighted by Gasteiger charge is -2.20. The van der Waals surface area contributed by atoms with E-state index in [0.717, 1.165) is 32.5 Å². The molecule has 2 saturated heterocycles. The van der Waals surface area contributed by atoms with Crippen LogP contribution < -0.4 is 10.6 Å². The van der Waals surface area contributed by atoms with Gasteiger partial charge in [-0.25, -0.2) is 0 Å². The van der Waals surface area contributed by atoms with Gasteiger partial charge in [-0.3, -0.25) is 4.79 Å². The fourth-order valence-corrected chi connectivity index (χ4v) is 2.77. The fourth-order valence-electron chi connectivity index (χ4n) is 2.77. The first-order valence-corrected chi connectivity index (χ1v) is 6.92. The van der Waals surface area contributed by atoms with Crippen molar-refractivity contribution in [3.8, 4) is 0 Å². The van der Waals surface area contributed by atoms with Gasteiger partial charge in [0.05, 0.1) is 6.04 Å². The maximum atomic E-state index is 11.8. The van der Waals surface area contributed by atoms with Crippen LogP contribution in [0.3, 0.4) is 0 Å². The molecule has 0 aromatic rings. The van der Waals surface area contributed by atoms with E-state index in [1.165, 1.54) is 13.0 Å². The van der Waals surface area contributed by atoms with E-state index in [0.29, 0.717) is 12.0 Å². The van der Waals surface area contributed by atoms with Crippen LogP contribution in [0.2, 0.25) is 0 Å². The molecule has 0 aromatic carbocycles. The molecule has 2 heterocycles. The number of nitrogens with zero attached hydrogens (tertiary/aromatic N) is 1. The number of likely N-dealkylation sites (tertiary alicyclic amines) is 1. The minimum atomic E-state index is 0.0672. The Hall–Kier alpha value is -0.610. The molecule has 0 aromatic heterocycles. The molecule has 2 N–H and O–H groups in total. The molecular weight excluding hydrogens is 214 g/mol. The zero-order valence-electron chi connectivity index (χ0n) is 11.0. The van der Waals surface area contributed by atoms with E-state index in [-0.39, 0.29) is 11.9 Å². The van der Waals surface area contributed by atoms with Crippen LogP contribution in [0.4, 0.5) is 0 Å². The highest BCUT2D eigenvalue weighted by Gasteiger charge is 2.26. The molecule has 2 aliphatic heterocycles. The summed E-state index contributed by atoms with van der Waals surface area (Å²) in [7, 11) is 0. The number of hydrogen-bond donors (Lipinski definition) is 2. The summed E-state index contributed by atoms with van der Waals surface area (Å²) in [5, 5.41) is 6.33. The van der Waals surface area contributed by atoms with Crippen molar-refractivity contribution < 1.29 is 4.79 Å². The van der Waals surface area contributed by atoms with E-state index < -0.39 is 0 Å². The van der Waals surface area contributed by atoms with Gasteiger partial charge in [0, 0.05) is 19.1 Å². The average molecular weight is 239 g/mol. The van der Waals surface area contributed by atoms with E-state index in [9.17, 15) is 4.79 Å². The Labute approximate surface area is 104 Å². The van der Waals surface area contributed by atoms with Gasteiger partial charge < -0.3 is 15.5 Å². The van der Waals surface area contributed by atoms with Gasteiger partial charge in [0.25, 0.3) is 0 Å². The first-order valence-electron chi connectivity index (χ1n) is 6.92. The second-order valence-corrected chi connectivity index (χ2v) is 5.64. The van der Waals surface area contributed by atoms with Gasteiger partial charge in [-0.15, -0.1) is 0 Å². The maximum Gasteiger partial charge on any atom is 0.237 e. The highest BCUT2D eigenvalue weighted by atomic mass is 16.2. The number of hydrogen-bond acceptors (Lipinski definition) is 3. The van der Waals surface area contributed by atoms with Crippen molar-refractivity contribution in [1.82, 2.24) is 15.5 Å². The van der Waals surface area contributed by atoms with E-state index in [1.807, 2.05) is 0 Å². The molecule has 98 valence electrons. The summed E-state index contributed by atoms with van der Waals surface area (Å²) in [5.74, 6) is 0.841. The first-order chi connectivity index (χ1) is 8.16. The van der Waals surface area contributed by atoms with Gasteiger partial charge in [-0.2, -0.15) is 0 Å². The van der Waals surface area contributed by atoms with Crippen LogP contribution in [0.25, 0.3) is 0 Å². The number of carbonyl (C=O) groups excluding carboxylic acids is 1. The average Bonchev–Trinajstić information content (AvgIpc) is 2.97. The number of rotatable bonds is 4. The van der Waals surface area contributed by atoms with Gasteiger partial charge in [-0.1, -0.05) is 0 Å². The Balaban J connectivity index is 1.67. The molecule has 4 nitrogen and oxygen atoms in total. The Bertz CT molecular complexity index is 261. The van der Waals surface area contributed by atoms with Gasteiger partial charge in [0.2, 0.25) is 5.91 Å². The molecule has 2 fully saturated rings. The lowest BCUT2D eigenvalue weighted by atomic mass is 10.1. The van der Waals surface area contributed by atoms with Crippen LogP contribution in [-0.2, 0) is 4.79 Å². The third-order valence-corrected chi connectivity index (χ3v) is 3.99. The third-order valence-electron chi connectivity index (χ3n) is 3.99. The van der Waals surface area contributed by atoms with Gasteiger partial charge in [-0.05, 0) is 52.1 Å². The molecule has 4 heteroatoms. The standard InChI is InChI=1S/C13H25N3O/c1-10(2)16-7-5-11(9-16)8-15-13(17)12-4-3-6-14-12/h10-12,14H,3-9H2,1-2H3,(H,15,17)/t11?,12-/m0/s1. The Kier molecular flexibility index (Phi) is 4.40. The van der Waals surface area contributed by atoms with Crippen molar-refractivity contribution in [3.63, 3.8) is 0 Å². The summed E-state index contributed by atoms with van der Waals surface area (Å²) >= 11 is 0. The monoisotopic (exact) mass is 239 g/mol. The molecule has 2 rings (SSSR count). The molecule has 1 amide bonds. The minimum Gasteiger partial charge on any atom is -0.354 e. The van der Waals surface area contributed by atoms with E-state index in [2.05, 4.69) is 29.4 Å². The van der Waals surface area contributed by atoms with Crippen LogP contribution >= 0.6 is 0 Å². The van der Waals surface area contributed by atoms with Crippen molar-refractivity contribution >= 4 is 5.91 Å². The van der Waals surface area contributed by atoms with E-state index >= 15 is 0 Å². The second kappa shape index (κ2) is 5.83. The second-order valence-electron chi connectivity index (χ2n) is 5.64. The Morgan fingerprint density at radius 3 is 2.88 bits per heavy atom. The quantitative estimate of drug-likeness (QED) is 0.754. The molecule has 17 heavy (non-hydrogen) atoms. The molecule has 0 bridgehead atoms. The maximum absolute atomic E-state index is 11.8. The van der Waals surface area contributed by atoms with Crippen LogP contribution in [0.5, 0.6) is 0 Å². The summed E-state index contributed by atoms with van der Waals surface area (Å²) in [6.07, 6.45) is 3.34. The smallest absolute Gasteiger partial charge is 0.237 e. The predicted octanol–water partition coefficient (Wildman–Crippen LogP) is 0.585. The van der Waals surface area contributed by atoms with Gasteiger partial charge in [0.15, 0.2) is 0 Å². The molecule has 0 radical (unpaired) electrons. The summed E-state index contributed by atoms with van der Waals surface area (Å²) in [4.78, 5) is 14.3. The summed E-state index contributed by atoms with van der Waals surface area (Å²) in [6, 6.07) is 0.699. The third kappa shape index (κ3) is 3.42. The van der Waals surface area contributed by atoms with Crippen molar-refractivity contribution in [1.29, 1.82) is 0 Å². The van der Waals surface area contributed by atoms with Crippen LogP contribution in [-0.4, -0.2) is 49.1 Å². The topological polar surface area (TPSA) is 44.4 Å². The van der Waals surface area contributed by atoms with Crippen molar-refractivity contribution in [2.75, 3.05) is 26.2 Å². The zero-order chi connectivity index (χ0) is 12.3. The van der Waals surface area contributed by atoms with Crippen LogP contribution in [0.15, 0.2) is 0 Å². The normalized spacial score (nSPS) is 30.1. The highest BCUT2D eigenvalue weighted by Crippen LogP contribution is 2.17. The van der Waals surface area contributed by atoms with Crippen molar-refractivity contribution in [3.05, 3.63) is 0 Å². The number of amides is 1. The highest BCUT2D eigenvalue weighted by molar-refractivity contribution is 5.81. The molecule has 1 unspecified atom stereocenters. The fraction of sp³-hybridized carbons (Fsp3) is 0.923.